The van der Waals surface area contributed by atoms with E-state index in [-0.39, 0.29) is 0 Å². The molecule has 3 nitrogen and oxygen atoms in total. The number of fused-ring (bicyclic) bond motifs is 1. The molecule has 1 aliphatic carbocycles. The molecule has 1 atom stereocenters. The summed E-state index contributed by atoms with van der Waals surface area (Å²) in [6.07, 6.45) is 3.51. The molecule has 1 N–H and O–H groups in total. The number of nitrogens with zero attached hydrogens (tertiary/aromatic N) is 1. The van der Waals surface area contributed by atoms with Gasteiger partial charge in [-0.25, -0.2) is 0 Å². The zero-order valence-electron chi connectivity index (χ0n) is 9.29. The molecule has 1 aromatic rings. The standard InChI is InChI=1S/C12H17NO2/c1-8-7-11(15-2)9-5-3-4-6-10(14)12(9)13-8/h7,10,14H,3-6H2,1-2H3. The first-order valence-electron chi connectivity index (χ1n) is 5.45. The second-order valence-corrected chi connectivity index (χ2v) is 4.09. The van der Waals surface area contributed by atoms with Crippen LogP contribution in [-0.2, 0) is 6.42 Å². The predicted octanol–water partition coefficient (Wildman–Crippen LogP) is 2.16. The van der Waals surface area contributed by atoms with Gasteiger partial charge in [-0.1, -0.05) is 6.42 Å². The van der Waals surface area contributed by atoms with Crippen LogP contribution in [0.15, 0.2) is 6.07 Å². The Morgan fingerprint density at radius 2 is 2.27 bits per heavy atom. The molecule has 0 saturated carbocycles. The Morgan fingerprint density at radius 1 is 1.47 bits per heavy atom. The molecule has 0 radical (unpaired) electrons. The molecule has 82 valence electrons. The molecule has 0 fully saturated rings. The highest BCUT2D eigenvalue weighted by Gasteiger charge is 2.21. The van der Waals surface area contributed by atoms with Crippen LogP contribution in [0.4, 0.5) is 0 Å². The molecule has 1 unspecified atom stereocenters. The van der Waals surface area contributed by atoms with Crippen LogP contribution < -0.4 is 4.74 Å². The third-order valence-electron chi connectivity index (χ3n) is 2.93. The average molecular weight is 207 g/mol. The van der Waals surface area contributed by atoms with Gasteiger partial charge < -0.3 is 9.84 Å². The first-order valence-corrected chi connectivity index (χ1v) is 5.45. The molecule has 1 heterocycles. The number of aliphatic hydroxyl groups excluding tert-OH is 1. The first kappa shape index (κ1) is 10.4. The molecule has 15 heavy (non-hydrogen) atoms. The maximum atomic E-state index is 9.97. The summed E-state index contributed by atoms with van der Waals surface area (Å²) in [5, 5.41) is 9.97. The third-order valence-corrected chi connectivity index (χ3v) is 2.93. The molecular formula is C12H17NO2. The van der Waals surface area contributed by atoms with E-state index in [2.05, 4.69) is 4.98 Å². The average Bonchev–Trinajstić information content (AvgIpc) is 2.40. The van der Waals surface area contributed by atoms with Gasteiger partial charge in [-0.15, -0.1) is 0 Å². The van der Waals surface area contributed by atoms with E-state index in [4.69, 9.17) is 4.74 Å². The Balaban J connectivity index is 2.52. The number of methoxy groups -OCH3 is 1. The zero-order valence-corrected chi connectivity index (χ0v) is 9.29. The number of ether oxygens (including phenoxy) is 1. The van der Waals surface area contributed by atoms with Crippen LogP contribution in [0.5, 0.6) is 5.75 Å². The van der Waals surface area contributed by atoms with Gasteiger partial charge in [0.15, 0.2) is 0 Å². The molecule has 2 rings (SSSR count). The van der Waals surface area contributed by atoms with Crippen molar-refractivity contribution in [1.29, 1.82) is 0 Å². The van der Waals surface area contributed by atoms with Crippen LogP contribution in [0, 0.1) is 6.92 Å². The van der Waals surface area contributed by atoms with E-state index in [9.17, 15) is 5.11 Å². The van der Waals surface area contributed by atoms with Crippen molar-refractivity contribution in [2.24, 2.45) is 0 Å². The summed E-state index contributed by atoms with van der Waals surface area (Å²) in [6.45, 7) is 1.93. The maximum absolute atomic E-state index is 9.97. The molecule has 1 aromatic heterocycles. The fraction of sp³-hybridized carbons (Fsp3) is 0.583. The van der Waals surface area contributed by atoms with E-state index in [0.717, 1.165) is 48.4 Å². The first-order chi connectivity index (χ1) is 7.22. The van der Waals surface area contributed by atoms with Gasteiger partial charge in [0, 0.05) is 17.3 Å². The van der Waals surface area contributed by atoms with Crippen molar-refractivity contribution in [2.45, 2.75) is 38.7 Å². The van der Waals surface area contributed by atoms with Gasteiger partial charge in [0.05, 0.1) is 18.9 Å². The van der Waals surface area contributed by atoms with Crippen LogP contribution in [0.1, 0.15) is 42.3 Å². The van der Waals surface area contributed by atoms with Crippen molar-refractivity contribution >= 4 is 0 Å². The smallest absolute Gasteiger partial charge is 0.125 e. The number of hydrogen-bond donors (Lipinski definition) is 1. The van der Waals surface area contributed by atoms with Gasteiger partial charge in [0.1, 0.15) is 5.75 Å². The lowest BCUT2D eigenvalue weighted by Crippen LogP contribution is -2.05. The van der Waals surface area contributed by atoms with E-state index in [1.54, 1.807) is 7.11 Å². The normalized spacial score (nSPS) is 20.6. The number of aliphatic hydroxyl groups is 1. The summed E-state index contributed by atoms with van der Waals surface area (Å²) in [7, 11) is 1.67. The van der Waals surface area contributed by atoms with Gasteiger partial charge in [-0.05, 0) is 26.2 Å². The minimum Gasteiger partial charge on any atom is -0.496 e. The topological polar surface area (TPSA) is 42.4 Å². The van der Waals surface area contributed by atoms with Gasteiger partial charge in [0.2, 0.25) is 0 Å². The number of rotatable bonds is 1. The van der Waals surface area contributed by atoms with Crippen molar-refractivity contribution < 1.29 is 9.84 Å². The second kappa shape index (κ2) is 4.19. The second-order valence-electron chi connectivity index (χ2n) is 4.09. The highest BCUT2D eigenvalue weighted by molar-refractivity contribution is 5.39. The van der Waals surface area contributed by atoms with Crippen molar-refractivity contribution in [2.75, 3.05) is 7.11 Å². The van der Waals surface area contributed by atoms with Gasteiger partial charge in [0.25, 0.3) is 0 Å². The summed E-state index contributed by atoms with van der Waals surface area (Å²) >= 11 is 0. The Kier molecular flexibility index (Phi) is 2.91. The van der Waals surface area contributed by atoms with Crippen LogP contribution in [0.25, 0.3) is 0 Å². The predicted molar refractivity (Wildman–Crippen MR) is 58.0 cm³/mol. The van der Waals surface area contributed by atoms with E-state index in [1.165, 1.54) is 0 Å². The Bertz CT molecular complexity index is 363. The Morgan fingerprint density at radius 3 is 3.00 bits per heavy atom. The lowest BCUT2D eigenvalue weighted by Gasteiger charge is -2.14. The summed E-state index contributed by atoms with van der Waals surface area (Å²) < 4.78 is 5.35. The fourth-order valence-corrected chi connectivity index (χ4v) is 2.18. The lowest BCUT2D eigenvalue weighted by molar-refractivity contribution is 0.161. The van der Waals surface area contributed by atoms with Crippen molar-refractivity contribution in [3.05, 3.63) is 23.0 Å². The molecule has 1 aliphatic rings. The molecule has 0 bridgehead atoms. The monoisotopic (exact) mass is 207 g/mol. The summed E-state index contributed by atoms with van der Waals surface area (Å²) in [5.74, 6) is 0.874. The van der Waals surface area contributed by atoms with Gasteiger partial charge in [-0.3, -0.25) is 4.98 Å². The molecule has 0 aromatic carbocycles. The maximum Gasteiger partial charge on any atom is 0.125 e. The van der Waals surface area contributed by atoms with E-state index < -0.39 is 6.10 Å². The number of aryl methyl sites for hydroxylation is 1. The summed E-state index contributed by atoms with van der Waals surface area (Å²) in [6, 6.07) is 1.94. The SMILES string of the molecule is COc1cc(C)nc2c1CCCCC2O. The molecule has 0 amide bonds. The molecular weight excluding hydrogens is 190 g/mol. The fourth-order valence-electron chi connectivity index (χ4n) is 2.18. The van der Waals surface area contributed by atoms with Gasteiger partial charge >= 0.3 is 0 Å². The molecule has 0 saturated heterocycles. The van der Waals surface area contributed by atoms with Crippen molar-refractivity contribution in [1.82, 2.24) is 4.98 Å². The quantitative estimate of drug-likeness (QED) is 0.717. The number of aromatic nitrogens is 1. The minimum atomic E-state index is -0.420. The van der Waals surface area contributed by atoms with Crippen LogP contribution in [0.3, 0.4) is 0 Å². The van der Waals surface area contributed by atoms with Gasteiger partial charge in [-0.2, -0.15) is 0 Å². The van der Waals surface area contributed by atoms with E-state index in [0.29, 0.717) is 0 Å². The summed E-state index contributed by atoms with van der Waals surface area (Å²) in [4.78, 5) is 4.43. The molecule has 0 aliphatic heterocycles. The Labute approximate surface area is 90.1 Å². The zero-order chi connectivity index (χ0) is 10.8. The van der Waals surface area contributed by atoms with Crippen LogP contribution in [-0.4, -0.2) is 17.2 Å². The van der Waals surface area contributed by atoms with Crippen LogP contribution >= 0.6 is 0 Å². The van der Waals surface area contributed by atoms with E-state index in [1.807, 2.05) is 13.0 Å². The number of hydrogen-bond acceptors (Lipinski definition) is 3. The largest absolute Gasteiger partial charge is 0.496 e. The van der Waals surface area contributed by atoms with E-state index >= 15 is 0 Å². The molecule has 3 heteroatoms. The molecule has 0 spiro atoms. The van der Waals surface area contributed by atoms with Crippen molar-refractivity contribution in [3.8, 4) is 5.75 Å². The van der Waals surface area contributed by atoms with Crippen molar-refractivity contribution in [3.63, 3.8) is 0 Å². The minimum absolute atomic E-state index is 0.420. The third kappa shape index (κ3) is 1.97. The summed E-state index contributed by atoms with van der Waals surface area (Å²) in [5.41, 5.74) is 2.82. The lowest BCUT2D eigenvalue weighted by atomic mass is 10.1. The highest BCUT2D eigenvalue weighted by Crippen LogP contribution is 2.33. The Hall–Kier alpha value is -1.09. The van der Waals surface area contributed by atoms with Crippen LogP contribution in [0.2, 0.25) is 0 Å². The highest BCUT2D eigenvalue weighted by atomic mass is 16.5. The number of pyridine rings is 1.